The van der Waals surface area contributed by atoms with E-state index in [2.05, 4.69) is 4.74 Å². The molecule has 1 rings (SSSR count). The Balaban J connectivity index is 2.76. The van der Waals surface area contributed by atoms with Crippen LogP contribution < -0.4 is 4.74 Å². The fourth-order valence-corrected chi connectivity index (χ4v) is 1.27. The molecule has 2 atom stereocenters. The zero-order chi connectivity index (χ0) is 13.0. The van der Waals surface area contributed by atoms with Crippen LogP contribution in [0.3, 0.4) is 0 Å². The maximum Gasteiger partial charge on any atom is 0.387 e. The van der Waals surface area contributed by atoms with Gasteiger partial charge in [-0.15, -0.1) is 0 Å². The molecule has 1 aromatic carbocycles. The summed E-state index contributed by atoms with van der Waals surface area (Å²) in [7, 11) is 0. The van der Waals surface area contributed by atoms with Gasteiger partial charge in [0.25, 0.3) is 0 Å². The van der Waals surface area contributed by atoms with Gasteiger partial charge in [-0.1, -0.05) is 12.1 Å². The number of hydrogen-bond donors (Lipinski definition) is 2. The lowest BCUT2D eigenvalue weighted by Gasteiger charge is -2.15. The number of ether oxygens (including phenoxy) is 1. The molecule has 0 saturated carbocycles. The maximum absolute atomic E-state index is 11.9. The molecule has 0 aliphatic carbocycles. The summed E-state index contributed by atoms with van der Waals surface area (Å²) in [5, 5.41) is 18.4. The SMILES string of the molecule is CC(C(=O)O)C(O)c1ccc(OC(F)F)cc1. The average molecular weight is 246 g/mol. The molecule has 2 unspecified atom stereocenters. The highest BCUT2D eigenvalue weighted by Gasteiger charge is 2.22. The van der Waals surface area contributed by atoms with Crippen LogP contribution in [0.4, 0.5) is 8.78 Å². The molecule has 0 heterocycles. The van der Waals surface area contributed by atoms with Gasteiger partial charge in [-0.3, -0.25) is 4.79 Å². The highest BCUT2D eigenvalue weighted by molar-refractivity contribution is 5.70. The Hall–Kier alpha value is -1.69. The number of carboxylic acid groups (broad SMARTS) is 1. The third-order valence-corrected chi connectivity index (χ3v) is 2.31. The van der Waals surface area contributed by atoms with E-state index in [0.717, 1.165) is 0 Å². The minimum absolute atomic E-state index is 0.0427. The van der Waals surface area contributed by atoms with Gasteiger partial charge in [-0.25, -0.2) is 0 Å². The van der Waals surface area contributed by atoms with Crippen molar-refractivity contribution in [2.75, 3.05) is 0 Å². The van der Waals surface area contributed by atoms with Crippen molar-refractivity contribution in [3.63, 3.8) is 0 Å². The Morgan fingerprint density at radius 1 is 1.29 bits per heavy atom. The summed E-state index contributed by atoms with van der Waals surface area (Å²) >= 11 is 0. The fraction of sp³-hybridized carbons (Fsp3) is 0.364. The van der Waals surface area contributed by atoms with E-state index in [4.69, 9.17) is 5.11 Å². The fourth-order valence-electron chi connectivity index (χ4n) is 1.27. The third kappa shape index (κ3) is 3.67. The van der Waals surface area contributed by atoms with Crippen LogP contribution in [0.15, 0.2) is 24.3 Å². The van der Waals surface area contributed by atoms with Crippen LogP contribution >= 0.6 is 0 Å². The van der Waals surface area contributed by atoms with E-state index >= 15 is 0 Å². The van der Waals surface area contributed by atoms with Gasteiger partial charge < -0.3 is 14.9 Å². The molecule has 0 bridgehead atoms. The molecule has 0 spiro atoms. The number of alkyl halides is 2. The molecule has 0 fully saturated rings. The standard InChI is InChI=1S/C11H12F2O4/c1-6(10(15)16)9(14)7-2-4-8(5-3-7)17-11(12)13/h2-6,9,11,14H,1H3,(H,15,16). The molecular weight excluding hydrogens is 234 g/mol. The lowest BCUT2D eigenvalue weighted by atomic mass is 9.98. The molecule has 0 saturated heterocycles. The molecular formula is C11H12F2O4. The molecule has 0 aliphatic heterocycles. The Morgan fingerprint density at radius 3 is 2.24 bits per heavy atom. The number of benzene rings is 1. The highest BCUT2D eigenvalue weighted by Crippen LogP contribution is 2.24. The number of carboxylic acids is 1. The van der Waals surface area contributed by atoms with Crippen LogP contribution in [-0.2, 0) is 4.79 Å². The monoisotopic (exact) mass is 246 g/mol. The number of carbonyl (C=O) groups is 1. The molecule has 0 aromatic heterocycles. The molecule has 94 valence electrons. The summed E-state index contributed by atoms with van der Waals surface area (Å²) in [6, 6.07) is 5.20. The lowest BCUT2D eigenvalue weighted by Crippen LogP contribution is -2.18. The first-order chi connectivity index (χ1) is 7.91. The quantitative estimate of drug-likeness (QED) is 0.834. The maximum atomic E-state index is 11.9. The summed E-state index contributed by atoms with van der Waals surface area (Å²) in [5.41, 5.74) is 0.335. The van der Waals surface area contributed by atoms with Crippen molar-refractivity contribution in [1.29, 1.82) is 0 Å². The van der Waals surface area contributed by atoms with Gasteiger partial charge in [0.05, 0.1) is 12.0 Å². The molecule has 6 heteroatoms. The van der Waals surface area contributed by atoms with Gasteiger partial charge in [0.15, 0.2) is 0 Å². The zero-order valence-corrected chi connectivity index (χ0v) is 9.01. The summed E-state index contributed by atoms with van der Waals surface area (Å²) in [6.07, 6.45) is -1.19. The minimum atomic E-state index is -2.91. The van der Waals surface area contributed by atoms with E-state index in [1.807, 2.05) is 0 Å². The van der Waals surface area contributed by atoms with Gasteiger partial charge in [0.2, 0.25) is 0 Å². The van der Waals surface area contributed by atoms with Crippen molar-refractivity contribution in [2.45, 2.75) is 19.6 Å². The second kappa shape index (κ2) is 5.58. The molecule has 0 aliphatic rings. The number of halogens is 2. The second-order valence-corrected chi connectivity index (χ2v) is 3.52. The van der Waals surface area contributed by atoms with E-state index in [-0.39, 0.29) is 5.75 Å². The molecule has 1 aromatic rings. The first kappa shape index (κ1) is 13.4. The van der Waals surface area contributed by atoms with E-state index in [1.54, 1.807) is 0 Å². The van der Waals surface area contributed by atoms with Crippen molar-refractivity contribution in [3.05, 3.63) is 29.8 Å². The van der Waals surface area contributed by atoms with Crippen LogP contribution in [0.2, 0.25) is 0 Å². The first-order valence-electron chi connectivity index (χ1n) is 4.87. The number of hydrogen-bond acceptors (Lipinski definition) is 3. The van der Waals surface area contributed by atoms with Gasteiger partial charge >= 0.3 is 12.6 Å². The van der Waals surface area contributed by atoms with Crippen LogP contribution in [0.5, 0.6) is 5.75 Å². The van der Waals surface area contributed by atoms with E-state index in [1.165, 1.54) is 31.2 Å². The first-order valence-corrected chi connectivity index (χ1v) is 4.87. The van der Waals surface area contributed by atoms with E-state index < -0.39 is 24.6 Å². The van der Waals surface area contributed by atoms with Crippen LogP contribution in [0.1, 0.15) is 18.6 Å². The number of aliphatic hydroxyl groups excluding tert-OH is 1. The largest absolute Gasteiger partial charge is 0.481 e. The van der Waals surface area contributed by atoms with Crippen LogP contribution in [-0.4, -0.2) is 22.8 Å². The summed E-state index contributed by atoms with van der Waals surface area (Å²) in [4.78, 5) is 10.6. The minimum Gasteiger partial charge on any atom is -0.481 e. The lowest BCUT2D eigenvalue weighted by molar-refractivity contribution is -0.145. The average Bonchev–Trinajstić information content (AvgIpc) is 2.27. The van der Waals surface area contributed by atoms with Crippen molar-refractivity contribution in [2.24, 2.45) is 5.92 Å². The summed E-state index contributed by atoms with van der Waals surface area (Å²) in [6.45, 7) is -1.56. The van der Waals surface area contributed by atoms with Gasteiger partial charge in [0, 0.05) is 0 Å². The van der Waals surface area contributed by atoms with E-state index in [0.29, 0.717) is 5.56 Å². The predicted octanol–water partition coefficient (Wildman–Crippen LogP) is 2.04. The van der Waals surface area contributed by atoms with Crippen LogP contribution in [0, 0.1) is 5.92 Å². The molecule has 17 heavy (non-hydrogen) atoms. The van der Waals surface area contributed by atoms with Crippen molar-refractivity contribution >= 4 is 5.97 Å². The highest BCUT2D eigenvalue weighted by atomic mass is 19.3. The van der Waals surface area contributed by atoms with Crippen LogP contribution in [0.25, 0.3) is 0 Å². The van der Waals surface area contributed by atoms with Crippen molar-refractivity contribution < 1.29 is 28.5 Å². The Labute approximate surface area is 96.5 Å². The topological polar surface area (TPSA) is 66.8 Å². The Kier molecular flexibility index (Phi) is 4.39. The van der Waals surface area contributed by atoms with Gasteiger partial charge in [-0.2, -0.15) is 8.78 Å². The Morgan fingerprint density at radius 2 is 1.82 bits per heavy atom. The number of aliphatic hydroxyl groups is 1. The van der Waals surface area contributed by atoms with E-state index in [9.17, 15) is 18.7 Å². The smallest absolute Gasteiger partial charge is 0.387 e. The molecule has 0 radical (unpaired) electrons. The summed E-state index contributed by atoms with van der Waals surface area (Å²) < 4.78 is 27.9. The Bertz CT molecular complexity index is 378. The second-order valence-electron chi connectivity index (χ2n) is 3.52. The van der Waals surface area contributed by atoms with Crippen molar-refractivity contribution in [1.82, 2.24) is 0 Å². The van der Waals surface area contributed by atoms with Gasteiger partial charge in [-0.05, 0) is 24.6 Å². The van der Waals surface area contributed by atoms with Crippen molar-refractivity contribution in [3.8, 4) is 5.75 Å². The normalized spacial score (nSPS) is 14.4. The third-order valence-electron chi connectivity index (χ3n) is 2.31. The molecule has 2 N–H and O–H groups in total. The molecule has 0 amide bonds. The zero-order valence-electron chi connectivity index (χ0n) is 9.01. The predicted molar refractivity (Wildman–Crippen MR) is 54.8 cm³/mol. The van der Waals surface area contributed by atoms with Gasteiger partial charge in [0.1, 0.15) is 5.75 Å². The number of rotatable bonds is 5. The number of aliphatic carboxylic acids is 1. The molecule has 4 nitrogen and oxygen atoms in total. The summed E-state index contributed by atoms with van der Waals surface area (Å²) in [5.74, 6) is -2.15.